The first kappa shape index (κ1) is 12.5. The first-order valence-electron chi connectivity index (χ1n) is 6.68. The minimum atomic E-state index is 0.151. The molecule has 0 radical (unpaired) electrons. The van der Waals surface area contributed by atoms with Crippen LogP contribution in [0.5, 0.6) is 0 Å². The molecule has 0 spiro atoms. The van der Waals surface area contributed by atoms with Crippen molar-refractivity contribution in [1.82, 2.24) is 10.3 Å². The summed E-state index contributed by atoms with van der Waals surface area (Å²) in [4.78, 5) is 14.0. The molecule has 20 heavy (non-hydrogen) atoms. The average molecular weight is 264 g/mol. The number of nitrogens with one attached hydrogen (secondary N) is 2. The lowest BCUT2D eigenvalue weighted by atomic mass is 9.91. The topological polar surface area (TPSA) is 44.9 Å². The lowest BCUT2D eigenvalue weighted by molar-refractivity contribution is -0.109. The van der Waals surface area contributed by atoms with Crippen LogP contribution in [0.25, 0.3) is 10.9 Å². The molecule has 0 aliphatic heterocycles. The molecule has 1 aromatic heterocycles. The van der Waals surface area contributed by atoms with Crippen molar-refractivity contribution >= 4 is 17.3 Å². The monoisotopic (exact) mass is 264 g/mol. The first-order chi connectivity index (χ1) is 9.90. The van der Waals surface area contributed by atoms with Gasteiger partial charge in [-0.15, -0.1) is 0 Å². The Kier molecular flexibility index (Phi) is 3.50. The van der Waals surface area contributed by atoms with Crippen LogP contribution in [0.3, 0.4) is 0 Å². The van der Waals surface area contributed by atoms with E-state index in [2.05, 4.69) is 34.6 Å². The van der Waals surface area contributed by atoms with Gasteiger partial charge in [0.25, 0.3) is 0 Å². The van der Waals surface area contributed by atoms with Crippen LogP contribution in [-0.2, 0) is 4.79 Å². The highest BCUT2D eigenvalue weighted by atomic mass is 16.1. The summed E-state index contributed by atoms with van der Waals surface area (Å²) in [6.07, 6.45) is 2.79. The van der Waals surface area contributed by atoms with Gasteiger partial charge in [0.1, 0.15) is 0 Å². The van der Waals surface area contributed by atoms with E-state index in [4.69, 9.17) is 0 Å². The van der Waals surface area contributed by atoms with Crippen molar-refractivity contribution in [1.29, 1.82) is 0 Å². The fraction of sp³-hybridized carbons (Fsp3) is 0.118. The summed E-state index contributed by atoms with van der Waals surface area (Å²) in [5.74, 6) is 0.151. The minimum Gasteiger partial charge on any atom is -0.361 e. The highest BCUT2D eigenvalue weighted by molar-refractivity contribution is 5.84. The zero-order valence-electron chi connectivity index (χ0n) is 11.0. The average Bonchev–Trinajstić information content (AvgIpc) is 2.93. The number of carbonyl (C=O) groups excluding carboxylic acids is 1. The summed E-state index contributed by atoms with van der Waals surface area (Å²) < 4.78 is 0. The molecule has 1 unspecified atom stereocenters. The molecule has 0 saturated heterocycles. The maximum atomic E-state index is 10.7. The molecule has 0 aliphatic rings. The number of para-hydroxylation sites is 1. The molecule has 3 rings (SSSR count). The van der Waals surface area contributed by atoms with Gasteiger partial charge in [0.15, 0.2) is 0 Å². The lowest BCUT2D eigenvalue weighted by Gasteiger charge is -2.16. The van der Waals surface area contributed by atoms with Crippen LogP contribution in [0.2, 0.25) is 0 Å². The van der Waals surface area contributed by atoms with Gasteiger partial charge in [-0.1, -0.05) is 48.5 Å². The van der Waals surface area contributed by atoms with Gasteiger partial charge in [0.05, 0.1) is 0 Å². The number of amides is 1. The van der Waals surface area contributed by atoms with E-state index >= 15 is 0 Å². The number of rotatable bonds is 5. The van der Waals surface area contributed by atoms with Gasteiger partial charge >= 0.3 is 0 Å². The molecule has 0 saturated carbocycles. The molecule has 0 bridgehead atoms. The van der Waals surface area contributed by atoms with E-state index in [1.165, 1.54) is 16.5 Å². The van der Waals surface area contributed by atoms with Crippen molar-refractivity contribution in [3.05, 3.63) is 71.9 Å². The molecule has 100 valence electrons. The van der Waals surface area contributed by atoms with Gasteiger partial charge in [-0.2, -0.15) is 0 Å². The van der Waals surface area contributed by atoms with Gasteiger partial charge in [-0.05, 0) is 17.2 Å². The highest BCUT2D eigenvalue weighted by Crippen LogP contribution is 2.30. The van der Waals surface area contributed by atoms with Crippen molar-refractivity contribution < 1.29 is 4.79 Å². The number of fused-ring (bicyclic) bond motifs is 1. The Hall–Kier alpha value is -2.55. The first-order valence-corrected chi connectivity index (χ1v) is 6.68. The molecule has 1 heterocycles. The smallest absolute Gasteiger partial charge is 0.207 e. The largest absolute Gasteiger partial charge is 0.361 e. The second-order valence-corrected chi connectivity index (χ2v) is 4.78. The van der Waals surface area contributed by atoms with E-state index in [0.29, 0.717) is 6.54 Å². The number of H-pyrrole nitrogens is 1. The summed E-state index contributed by atoms with van der Waals surface area (Å²) in [7, 11) is 0. The molecule has 0 aliphatic carbocycles. The molecule has 3 aromatic rings. The fourth-order valence-corrected chi connectivity index (χ4v) is 2.64. The third kappa shape index (κ3) is 2.30. The SMILES string of the molecule is O=CNCC(c1ccccc1)c1c[nH]c2ccccc12. The number of aromatic nitrogens is 1. The Balaban J connectivity index is 2.07. The minimum absolute atomic E-state index is 0.151. The van der Waals surface area contributed by atoms with Crippen molar-refractivity contribution in [2.75, 3.05) is 6.54 Å². The van der Waals surface area contributed by atoms with Gasteiger partial charge in [-0.25, -0.2) is 0 Å². The van der Waals surface area contributed by atoms with Crippen LogP contribution >= 0.6 is 0 Å². The molecule has 0 fully saturated rings. The Morgan fingerprint density at radius 3 is 2.60 bits per heavy atom. The quantitative estimate of drug-likeness (QED) is 0.683. The van der Waals surface area contributed by atoms with Crippen molar-refractivity contribution in [2.24, 2.45) is 0 Å². The zero-order chi connectivity index (χ0) is 13.8. The Morgan fingerprint density at radius 2 is 1.80 bits per heavy atom. The van der Waals surface area contributed by atoms with Gasteiger partial charge in [-0.3, -0.25) is 4.79 Å². The third-order valence-electron chi connectivity index (χ3n) is 3.60. The second kappa shape index (κ2) is 5.61. The standard InChI is InChI=1S/C17H16N2O/c20-12-18-10-15(13-6-2-1-3-7-13)16-11-19-17-9-5-4-8-14(16)17/h1-9,11-12,15,19H,10H2,(H,18,20). The van der Waals surface area contributed by atoms with Gasteiger partial charge < -0.3 is 10.3 Å². The molecule has 3 heteroatoms. The number of carbonyl (C=O) groups is 1. The van der Waals surface area contributed by atoms with Crippen LogP contribution in [0.4, 0.5) is 0 Å². The summed E-state index contributed by atoms with van der Waals surface area (Å²) in [6, 6.07) is 18.5. The third-order valence-corrected chi connectivity index (χ3v) is 3.60. The van der Waals surface area contributed by atoms with Gasteiger partial charge in [0, 0.05) is 29.6 Å². The van der Waals surface area contributed by atoms with E-state index in [1.54, 1.807) is 0 Å². The predicted molar refractivity (Wildman–Crippen MR) is 80.7 cm³/mol. The zero-order valence-corrected chi connectivity index (χ0v) is 11.0. The molecule has 1 atom stereocenters. The molecular weight excluding hydrogens is 248 g/mol. The predicted octanol–water partition coefficient (Wildman–Crippen LogP) is 3.05. The van der Waals surface area contributed by atoms with Crippen LogP contribution in [0, 0.1) is 0 Å². The van der Waals surface area contributed by atoms with E-state index in [0.717, 1.165) is 11.9 Å². The Bertz CT molecular complexity index is 703. The second-order valence-electron chi connectivity index (χ2n) is 4.78. The Labute approximate surface area is 117 Å². The number of hydrogen-bond donors (Lipinski definition) is 2. The van der Waals surface area contributed by atoms with Gasteiger partial charge in [0.2, 0.25) is 6.41 Å². The van der Waals surface area contributed by atoms with Crippen LogP contribution in [0.15, 0.2) is 60.8 Å². The number of benzene rings is 2. The van der Waals surface area contributed by atoms with Crippen molar-refractivity contribution in [3.63, 3.8) is 0 Å². The van der Waals surface area contributed by atoms with Crippen LogP contribution in [0.1, 0.15) is 17.0 Å². The molecular formula is C17H16N2O. The summed E-state index contributed by atoms with van der Waals surface area (Å²) >= 11 is 0. The lowest BCUT2D eigenvalue weighted by Crippen LogP contribution is -2.20. The van der Waals surface area contributed by atoms with Crippen LogP contribution in [-0.4, -0.2) is 17.9 Å². The Morgan fingerprint density at radius 1 is 1.05 bits per heavy atom. The van der Waals surface area contributed by atoms with Crippen molar-refractivity contribution in [3.8, 4) is 0 Å². The summed E-state index contributed by atoms with van der Waals surface area (Å²) in [5, 5.41) is 4.01. The number of hydrogen-bond acceptors (Lipinski definition) is 1. The van der Waals surface area contributed by atoms with Crippen LogP contribution < -0.4 is 5.32 Å². The molecule has 3 nitrogen and oxygen atoms in total. The fourth-order valence-electron chi connectivity index (χ4n) is 2.64. The number of aromatic amines is 1. The summed E-state index contributed by atoms with van der Waals surface area (Å²) in [6.45, 7) is 0.593. The van der Waals surface area contributed by atoms with E-state index in [1.807, 2.05) is 36.5 Å². The van der Waals surface area contributed by atoms with E-state index in [9.17, 15) is 4.79 Å². The molecule has 2 aromatic carbocycles. The highest BCUT2D eigenvalue weighted by Gasteiger charge is 2.17. The summed E-state index contributed by atoms with van der Waals surface area (Å²) in [5.41, 5.74) is 3.53. The van der Waals surface area contributed by atoms with Crippen molar-refractivity contribution in [2.45, 2.75) is 5.92 Å². The van der Waals surface area contributed by atoms with E-state index < -0.39 is 0 Å². The van der Waals surface area contributed by atoms with E-state index in [-0.39, 0.29) is 5.92 Å². The maximum Gasteiger partial charge on any atom is 0.207 e. The normalized spacial score (nSPS) is 12.2. The molecule has 2 N–H and O–H groups in total. The maximum absolute atomic E-state index is 10.7. The molecule has 1 amide bonds.